The topological polar surface area (TPSA) is 79.5 Å². The highest BCUT2D eigenvalue weighted by Crippen LogP contribution is 2.27. The van der Waals surface area contributed by atoms with Crippen molar-refractivity contribution in [3.8, 4) is 0 Å². The fraction of sp³-hybridized carbons (Fsp3) is 0.227. The minimum absolute atomic E-state index is 0.0210. The van der Waals surface area contributed by atoms with Gasteiger partial charge in [-0.2, -0.15) is 0 Å². The predicted octanol–water partition coefficient (Wildman–Crippen LogP) is 4.19. The third-order valence-corrected chi connectivity index (χ3v) is 5.77. The number of rotatable bonds is 7. The number of H-pyrrole nitrogens is 1. The van der Waals surface area contributed by atoms with Gasteiger partial charge in [0, 0.05) is 47.1 Å². The largest absolute Gasteiger partial charge is 0.449 e. The Labute approximate surface area is 172 Å². The number of benzene rings is 2. The number of nitrogens with zero attached hydrogens (tertiary/aromatic N) is 1. The molecule has 4 rings (SSSR count). The van der Waals surface area contributed by atoms with Crippen LogP contribution in [0.2, 0.25) is 0 Å². The second kappa shape index (κ2) is 8.53. The van der Waals surface area contributed by atoms with E-state index in [1.165, 1.54) is 11.8 Å². The number of carbonyl (C=O) groups is 3. The number of carbonyl (C=O) groups excluding carboxylic acids is 3. The maximum atomic E-state index is 13.3. The Balaban J connectivity index is 1.54. The fourth-order valence-electron chi connectivity index (χ4n) is 3.36. The van der Waals surface area contributed by atoms with Crippen LogP contribution in [0.5, 0.6) is 0 Å². The highest BCUT2D eigenvalue weighted by atomic mass is 32.2. The van der Waals surface area contributed by atoms with Gasteiger partial charge in [-0.25, -0.2) is 0 Å². The van der Waals surface area contributed by atoms with Gasteiger partial charge >= 0.3 is 5.97 Å². The van der Waals surface area contributed by atoms with E-state index in [0.717, 1.165) is 16.7 Å². The molecule has 1 fully saturated rings. The first-order valence-corrected chi connectivity index (χ1v) is 10.4. The molecule has 29 heavy (non-hydrogen) atoms. The average molecular weight is 408 g/mol. The van der Waals surface area contributed by atoms with E-state index in [1.807, 2.05) is 30.3 Å². The monoisotopic (exact) mass is 408 g/mol. The van der Waals surface area contributed by atoms with Gasteiger partial charge in [0.05, 0.1) is 6.42 Å². The summed E-state index contributed by atoms with van der Waals surface area (Å²) in [5, 5.41) is 0.765. The molecule has 0 radical (unpaired) electrons. The zero-order valence-corrected chi connectivity index (χ0v) is 16.5. The third kappa shape index (κ3) is 4.19. The molecule has 1 aliphatic rings. The number of amides is 1. The summed E-state index contributed by atoms with van der Waals surface area (Å²) in [7, 11) is 0. The lowest BCUT2D eigenvalue weighted by Crippen LogP contribution is -2.28. The van der Waals surface area contributed by atoms with Crippen LogP contribution in [0, 0.1) is 0 Å². The zero-order chi connectivity index (χ0) is 20.2. The van der Waals surface area contributed by atoms with Crippen LogP contribution in [0.1, 0.15) is 28.4 Å². The lowest BCUT2D eigenvalue weighted by Gasteiger charge is -2.19. The lowest BCUT2D eigenvalue weighted by molar-refractivity contribution is -0.147. The van der Waals surface area contributed by atoms with Crippen molar-refractivity contribution in [2.24, 2.45) is 0 Å². The van der Waals surface area contributed by atoms with Gasteiger partial charge in [-0.05, 0) is 6.07 Å². The molecule has 1 aliphatic heterocycles. The van der Waals surface area contributed by atoms with Crippen molar-refractivity contribution >= 4 is 39.7 Å². The van der Waals surface area contributed by atoms with E-state index in [0.29, 0.717) is 24.2 Å². The minimum Gasteiger partial charge on any atom is -0.449 e. The lowest BCUT2D eigenvalue weighted by atomic mass is 9.99. The van der Waals surface area contributed by atoms with Crippen LogP contribution in [0.25, 0.3) is 10.9 Å². The Bertz CT molecular complexity index is 1050. The Morgan fingerprint density at radius 3 is 2.62 bits per heavy atom. The van der Waals surface area contributed by atoms with E-state index >= 15 is 0 Å². The zero-order valence-electron chi connectivity index (χ0n) is 15.7. The molecular formula is C22H20N2O4S. The maximum Gasteiger partial charge on any atom is 0.308 e. The quantitative estimate of drug-likeness (QED) is 0.468. The van der Waals surface area contributed by atoms with Crippen molar-refractivity contribution in [1.29, 1.82) is 0 Å². The van der Waals surface area contributed by atoms with Crippen LogP contribution in [0.3, 0.4) is 0 Å². The number of ketones is 1. The molecule has 1 amide bonds. The summed E-state index contributed by atoms with van der Waals surface area (Å²) < 4.78 is 5.62. The SMILES string of the molecule is O=C(CCN1CCSC1=O)OC(C(=O)c1c[nH]c2ccccc12)c1ccccc1. The first kappa shape index (κ1) is 19.3. The molecule has 1 N–H and O–H groups in total. The summed E-state index contributed by atoms with van der Waals surface area (Å²) in [6.07, 6.45) is 0.666. The molecule has 3 aromatic rings. The number of ether oxygens (including phenoxy) is 1. The molecule has 1 aromatic heterocycles. The normalized spacial score (nSPS) is 14.9. The second-order valence-corrected chi connectivity index (χ2v) is 7.79. The van der Waals surface area contributed by atoms with Gasteiger partial charge in [0.2, 0.25) is 5.78 Å². The number of aromatic nitrogens is 1. The average Bonchev–Trinajstić information content (AvgIpc) is 3.36. The highest BCUT2D eigenvalue weighted by Gasteiger charge is 2.29. The number of esters is 1. The molecule has 0 bridgehead atoms. The van der Waals surface area contributed by atoms with E-state index in [9.17, 15) is 14.4 Å². The van der Waals surface area contributed by atoms with E-state index < -0.39 is 12.1 Å². The smallest absolute Gasteiger partial charge is 0.308 e. The molecule has 6 nitrogen and oxygen atoms in total. The summed E-state index contributed by atoms with van der Waals surface area (Å²) in [4.78, 5) is 42.2. The Morgan fingerprint density at radius 2 is 1.86 bits per heavy atom. The molecule has 148 valence electrons. The number of nitrogens with one attached hydrogen (secondary N) is 1. The summed E-state index contributed by atoms with van der Waals surface area (Å²) in [6.45, 7) is 0.931. The highest BCUT2D eigenvalue weighted by molar-refractivity contribution is 8.13. The molecule has 0 aliphatic carbocycles. The van der Waals surface area contributed by atoms with Crippen LogP contribution < -0.4 is 0 Å². The van der Waals surface area contributed by atoms with Crippen LogP contribution >= 0.6 is 11.8 Å². The van der Waals surface area contributed by atoms with Gasteiger partial charge in [0.15, 0.2) is 6.10 Å². The molecule has 1 atom stereocenters. The van der Waals surface area contributed by atoms with Gasteiger partial charge in [-0.15, -0.1) is 0 Å². The number of hydrogen-bond donors (Lipinski definition) is 1. The third-order valence-electron chi connectivity index (χ3n) is 4.88. The summed E-state index contributed by atoms with van der Waals surface area (Å²) in [5.41, 5.74) is 1.94. The molecular weight excluding hydrogens is 388 g/mol. The van der Waals surface area contributed by atoms with Gasteiger partial charge in [-0.3, -0.25) is 14.4 Å². The van der Waals surface area contributed by atoms with Gasteiger partial charge in [0.25, 0.3) is 5.24 Å². The molecule has 1 saturated heterocycles. The van der Waals surface area contributed by atoms with Crippen molar-refractivity contribution in [1.82, 2.24) is 9.88 Å². The Morgan fingerprint density at radius 1 is 1.10 bits per heavy atom. The number of para-hydroxylation sites is 1. The van der Waals surface area contributed by atoms with Crippen LogP contribution in [-0.2, 0) is 9.53 Å². The number of Topliss-reactive ketones (excluding diaryl/α,β-unsaturated/α-hetero) is 1. The van der Waals surface area contributed by atoms with Gasteiger partial charge < -0.3 is 14.6 Å². The van der Waals surface area contributed by atoms with Gasteiger partial charge in [-0.1, -0.05) is 60.3 Å². The van der Waals surface area contributed by atoms with Crippen LogP contribution in [-0.4, -0.2) is 45.7 Å². The van der Waals surface area contributed by atoms with E-state index in [1.54, 1.807) is 35.4 Å². The number of hydrogen-bond acceptors (Lipinski definition) is 5. The van der Waals surface area contributed by atoms with E-state index in [4.69, 9.17) is 4.74 Å². The number of fused-ring (bicyclic) bond motifs is 1. The van der Waals surface area contributed by atoms with Crippen LogP contribution in [0.4, 0.5) is 4.79 Å². The molecule has 1 unspecified atom stereocenters. The fourth-order valence-corrected chi connectivity index (χ4v) is 4.21. The summed E-state index contributed by atoms with van der Waals surface area (Å²) >= 11 is 1.25. The number of thioether (sulfide) groups is 1. The van der Waals surface area contributed by atoms with Crippen LogP contribution in [0.15, 0.2) is 60.8 Å². The molecule has 0 spiro atoms. The number of aromatic amines is 1. The van der Waals surface area contributed by atoms with Crippen molar-refractivity contribution in [2.45, 2.75) is 12.5 Å². The standard InChI is InChI=1S/C22H20N2O4S/c25-19(10-11-24-12-13-29-22(24)27)28-21(15-6-2-1-3-7-15)20(26)17-14-23-18-9-5-4-8-16(17)18/h1-9,14,21,23H,10-13H2. The minimum atomic E-state index is -1.04. The van der Waals surface area contributed by atoms with Crippen molar-refractivity contribution < 1.29 is 19.1 Å². The summed E-state index contributed by atoms with van der Waals surface area (Å²) in [5.74, 6) is -0.0499. The molecule has 7 heteroatoms. The molecule has 0 saturated carbocycles. The van der Waals surface area contributed by atoms with Crippen molar-refractivity contribution in [3.63, 3.8) is 0 Å². The Hall–Kier alpha value is -3.06. The van der Waals surface area contributed by atoms with Crippen molar-refractivity contribution in [2.75, 3.05) is 18.8 Å². The van der Waals surface area contributed by atoms with E-state index in [2.05, 4.69) is 4.98 Å². The predicted molar refractivity (Wildman–Crippen MR) is 112 cm³/mol. The van der Waals surface area contributed by atoms with Crippen molar-refractivity contribution in [3.05, 3.63) is 71.9 Å². The second-order valence-electron chi connectivity index (χ2n) is 6.74. The molecule has 2 heterocycles. The Kier molecular flexibility index (Phi) is 5.67. The molecule has 2 aromatic carbocycles. The maximum absolute atomic E-state index is 13.3. The first-order valence-electron chi connectivity index (χ1n) is 9.40. The van der Waals surface area contributed by atoms with E-state index in [-0.39, 0.29) is 17.4 Å². The van der Waals surface area contributed by atoms with Gasteiger partial charge in [0.1, 0.15) is 0 Å². The summed E-state index contributed by atoms with van der Waals surface area (Å²) in [6, 6.07) is 16.5. The first-order chi connectivity index (χ1) is 14.1.